The van der Waals surface area contributed by atoms with Gasteiger partial charge in [0.25, 0.3) is 0 Å². The number of carbonyl (C=O) groups excluding carboxylic acids is 1. The molecule has 0 spiro atoms. The van der Waals surface area contributed by atoms with Crippen LogP contribution in [-0.2, 0) is 20.2 Å². The second-order valence-corrected chi connectivity index (χ2v) is 11.9. The Kier molecular flexibility index (Phi) is 11.3. The largest absolute Gasteiger partial charge is 0.491 e. The van der Waals surface area contributed by atoms with Crippen LogP contribution in [-0.4, -0.2) is 33.5 Å². The first-order valence-corrected chi connectivity index (χ1v) is 13.4. The van der Waals surface area contributed by atoms with Crippen molar-refractivity contribution in [2.75, 3.05) is 13.2 Å². The zero-order valence-corrected chi connectivity index (χ0v) is 23.4. The van der Waals surface area contributed by atoms with Crippen LogP contribution in [0.4, 0.5) is 0 Å². The zero-order valence-electron chi connectivity index (χ0n) is 22.5. The summed E-state index contributed by atoms with van der Waals surface area (Å²) in [5, 5.41) is 5.40. The van der Waals surface area contributed by atoms with Crippen molar-refractivity contribution in [2.45, 2.75) is 79.7 Å². The van der Waals surface area contributed by atoms with E-state index in [1.807, 2.05) is 46.8 Å². The number of ether oxygens (including phenoxy) is 1. The number of nitrogens with zero attached hydrogens (tertiary/aromatic N) is 2. The fourth-order valence-corrected chi connectivity index (χ4v) is 4.74. The van der Waals surface area contributed by atoms with Crippen molar-refractivity contribution in [3.8, 4) is 5.75 Å². The summed E-state index contributed by atoms with van der Waals surface area (Å²) < 4.78 is 32.7. The predicted octanol–water partition coefficient (Wildman–Crippen LogP) is 5.68. The molecule has 1 rings (SSSR count). The molecule has 0 aliphatic carbocycles. The molecule has 0 aromatic heterocycles. The molecular formula is C26H39N3O6S. The number of benzene rings is 1. The smallest absolute Gasteiger partial charge is 0.301 e. The van der Waals surface area contributed by atoms with E-state index in [9.17, 15) is 23.0 Å². The first kappa shape index (κ1) is 31.3. The van der Waals surface area contributed by atoms with Gasteiger partial charge in [-0.2, -0.15) is 4.91 Å². The summed E-state index contributed by atoms with van der Waals surface area (Å²) in [6, 6.07) is 5.49. The van der Waals surface area contributed by atoms with E-state index in [0.29, 0.717) is 5.75 Å². The van der Waals surface area contributed by atoms with Gasteiger partial charge in [0.05, 0.1) is 11.4 Å². The Morgan fingerprint density at radius 3 is 2.19 bits per heavy atom. The standard InChI is InChI=1S/C26H39N3O6S/c1-9-26(10-2,19(4)11-12-20(5)36(33,34)27-16-24(30)29-32)21-13-14-22(18(3)15-21)35-17-23(28-31)25(6,7)8/h11-15,23,27H,9-10,16-17H2,1-8H3/b19-11+,20-12+. The van der Waals surface area contributed by atoms with Gasteiger partial charge >= 0.3 is 5.91 Å². The summed E-state index contributed by atoms with van der Waals surface area (Å²) >= 11 is 0. The lowest BCUT2D eigenvalue weighted by Crippen LogP contribution is -2.30. The quantitative estimate of drug-likeness (QED) is 0.263. The molecule has 0 aliphatic rings. The third-order valence-electron chi connectivity index (χ3n) is 6.72. The lowest BCUT2D eigenvalue weighted by atomic mass is 9.70. The molecule has 1 unspecified atom stereocenters. The molecule has 0 aliphatic heterocycles. The van der Waals surface area contributed by atoms with E-state index in [4.69, 9.17) is 4.74 Å². The second-order valence-electron chi connectivity index (χ2n) is 10.0. The molecule has 1 atom stereocenters. The van der Waals surface area contributed by atoms with Crippen LogP contribution in [0.15, 0.2) is 51.2 Å². The van der Waals surface area contributed by atoms with Gasteiger partial charge in [-0.3, -0.25) is 4.79 Å². The number of nitrogens with one attached hydrogen (secondary N) is 1. The monoisotopic (exact) mass is 521 g/mol. The van der Waals surface area contributed by atoms with E-state index in [-0.39, 0.29) is 22.3 Å². The Labute approximate surface area is 214 Å². The summed E-state index contributed by atoms with van der Waals surface area (Å²) in [6.07, 6.45) is 4.82. The van der Waals surface area contributed by atoms with Gasteiger partial charge in [-0.1, -0.05) is 63.6 Å². The zero-order chi connectivity index (χ0) is 27.7. The average molecular weight is 522 g/mol. The van der Waals surface area contributed by atoms with E-state index >= 15 is 0 Å². The van der Waals surface area contributed by atoms with Crippen LogP contribution < -0.4 is 9.46 Å². The molecular weight excluding hydrogens is 482 g/mol. The van der Waals surface area contributed by atoms with Gasteiger partial charge in [0.15, 0.2) is 0 Å². The third-order valence-corrected chi connectivity index (χ3v) is 8.23. The molecule has 1 aromatic rings. The van der Waals surface area contributed by atoms with Gasteiger partial charge in [0, 0.05) is 10.6 Å². The number of carbonyl (C=O) groups is 1. The molecule has 0 radical (unpaired) electrons. The minimum atomic E-state index is -3.92. The minimum Gasteiger partial charge on any atom is -0.491 e. The summed E-state index contributed by atoms with van der Waals surface area (Å²) in [7, 11) is -3.92. The number of allylic oxidation sites excluding steroid dienone is 4. The van der Waals surface area contributed by atoms with Crippen molar-refractivity contribution in [2.24, 2.45) is 15.8 Å². The van der Waals surface area contributed by atoms with Crippen LogP contribution in [0.2, 0.25) is 0 Å². The van der Waals surface area contributed by atoms with Crippen molar-refractivity contribution in [3.05, 3.63) is 61.8 Å². The predicted molar refractivity (Wildman–Crippen MR) is 143 cm³/mol. The van der Waals surface area contributed by atoms with Crippen LogP contribution >= 0.6 is 0 Å². The van der Waals surface area contributed by atoms with Crippen LogP contribution in [0.3, 0.4) is 0 Å². The van der Waals surface area contributed by atoms with E-state index in [1.54, 1.807) is 6.08 Å². The second kappa shape index (κ2) is 13.0. The Morgan fingerprint density at radius 1 is 1.11 bits per heavy atom. The van der Waals surface area contributed by atoms with Gasteiger partial charge < -0.3 is 4.74 Å². The summed E-state index contributed by atoms with van der Waals surface area (Å²) in [4.78, 5) is 32.5. The van der Waals surface area contributed by atoms with Gasteiger partial charge in [-0.15, -0.1) is 4.91 Å². The van der Waals surface area contributed by atoms with E-state index in [0.717, 1.165) is 29.5 Å². The third kappa shape index (κ3) is 7.89. The number of rotatable bonds is 13. The molecule has 1 N–H and O–H groups in total. The molecule has 0 bridgehead atoms. The Balaban J connectivity index is 3.25. The Hall–Kier alpha value is -2.72. The fraction of sp³-hybridized carbons (Fsp3) is 0.577. The fourth-order valence-electron chi connectivity index (χ4n) is 3.95. The maximum Gasteiger partial charge on any atom is 0.301 e. The van der Waals surface area contributed by atoms with Crippen LogP contribution in [0.5, 0.6) is 5.75 Å². The van der Waals surface area contributed by atoms with E-state index in [1.165, 1.54) is 13.0 Å². The first-order valence-electron chi connectivity index (χ1n) is 12.0. The summed E-state index contributed by atoms with van der Waals surface area (Å²) in [6.45, 7) is 14.8. The average Bonchev–Trinajstić information content (AvgIpc) is 2.82. The molecule has 1 amide bonds. The topological polar surface area (TPSA) is 131 Å². The minimum absolute atomic E-state index is 0.0128. The number of hydrogen-bond acceptors (Lipinski definition) is 7. The molecule has 36 heavy (non-hydrogen) atoms. The lowest BCUT2D eigenvalue weighted by molar-refractivity contribution is -0.116. The van der Waals surface area contributed by atoms with E-state index in [2.05, 4.69) is 35.0 Å². The molecule has 200 valence electrons. The molecule has 10 heteroatoms. The SMILES string of the molecule is CCC(CC)(/C(C)=C/C=C(\C)S(=O)(=O)NCC(=O)N=O)c1ccc(OCC(N=O)C(C)(C)C)c(C)c1. The Bertz CT molecular complexity index is 1110. The molecule has 1 aromatic carbocycles. The van der Waals surface area contributed by atoms with Gasteiger partial charge in [0.1, 0.15) is 18.4 Å². The number of amides is 1. The molecule has 9 nitrogen and oxygen atoms in total. The number of aryl methyl sites for hydroxylation is 1. The lowest BCUT2D eigenvalue weighted by Gasteiger charge is -2.34. The highest BCUT2D eigenvalue weighted by atomic mass is 32.2. The Morgan fingerprint density at radius 2 is 1.72 bits per heavy atom. The van der Waals surface area contributed by atoms with Crippen LogP contribution in [0.25, 0.3) is 0 Å². The number of hydrogen-bond donors (Lipinski definition) is 1. The van der Waals surface area contributed by atoms with Crippen molar-refractivity contribution >= 4 is 15.9 Å². The van der Waals surface area contributed by atoms with Gasteiger partial charge in [0.2, 0.25) is 10.0 Å². The van der Waals surface area contributed by atoms with Gasteiger partial charge in [-0.25, -0.2) is 13.1 Å². The van der Waals surface area contributed by atoms with Gasteiger partial charge in [-0.05, 0) is 62.3 Å². The highest BCUT2D eigenvalue weighted by molar-refractivity contribution is 7.93. The summed E-state index contributed by atoms with van der Waals surface area (Å²) in [5.41, 5.74) is 2.33. The maximum atomic E-state index is 12.4. The normalized spacial score (nSPS) is 14.3. The maximum absolute atomic E-state index is 12.4. The van der Waals surface area contributed by atoms with Crippen molar-refractivity contribution in [1.82, 2.24) is 4.72 Å². The molecule has 0 heterocycles. The highest BCUT2D eigenvalue weighted by Gasteiger charge is 2.31. The molecule has 0 fully saturated rings. The van der Waals surface area contributed by atoms with Crippen molar-refractivity contribution in [1.29, 1.82) is 0 Å². The van der Waals surface area contributed by atoms with Crippen molar-refractivity contribution in [3.63, 3.8) is 0 Å². The van der Waals surface area contributed by atoms with Crippen LogP contribution in [0, 0.1) is 22.2 Å². The van der Waals surface area contributed by atoms with E-state index < -0.39 is 28.5 Å². The number of nitroso groups, excluding NO2 is 2. The van der Waals surface area contributed by atoms with Crippen LogP contribution in [0.1, 0.15) is 72.4 Å². The first-order chi connectivity index (χ1) is 16.7. The molecule has 0 saturated heterocycles. The number of sulfonamides is 1. The summed E-state index contributed by atoms with van der Waals surface area (Å²) in [5.74, 6) is -0.403. The van der Waals surface area contributed by atoms with Crippen molar-refractivity contribution < 1.29 is 17.9 Å². The molecule has 0 saturated carbocycles. The highest BCUT2D eigenvalue weighted by Crippen LogP contribution is 2.40.